The van der Waals surface area contributed by atoms with Crippen molar-refractivity contribution >= 4 is 41.5 Å². The minimum atomic E-state index is 0.0673. The van der Waals surface area contributed by atoms with E-state index in [-0.39, 0.29) is 5.78 Å². The third-order valence-corrected chi connectivity index (χ3v) is 5.09. The van der Waals surface area contributed by atoms with Gasteiger partial charge >= 0.3 is 0 Å². The lowest BCUT2D eigenvalue weighted by Gasteiger charge is -2.16. The Hall–Kier alpha value is -1.99. The first-order valence-electron chi connectivity index (χ1n) is 7.87. The Morgan fingerprint density at radius 2 is 1.28 bits per heavy atom. The highest BCUT2D eigenvalue weighted by atomic mass is 32.2. The van der Waals surface area contributed by atoms with Crippen molar-refractivity contribution in [1.82, 2.24) is 19.9 Å². The van der Waals surface area contributed by atoms with Crippen LogP contribution in [0.5, 0.6) is 0 Å². The van der Waals surface area contributed by atoms with Crippen molar-refractivity contribution < 1.29 is 4.79 Å². The van der Waals surface area contributed by atoms with Crippen LogP contribution in [-0.4, -0.2) is 38.2 Å². The molecule has 0 saturated heterocycles. The maximum absolute atomic E-state index is 12.7. The number of rotatable bonds is 4. The van der Waals surface area contributed by atoms with Gasteiger partial charge in [0.1, 0.15) is 10.1 Å². The molecule has 2 aromatic heterocycles. The molecule has 3 rings (SSSR count). The molecular weight excluding hydrogens is 352 g/mol. The third-order valence-electron chi connectivity index (χ3n) is 3.83. The zero-order valence-electron chi connectivity index (χ0n) is 14.1. The van der Waals surface area contributed by atoms with Gasteiger partial charge in [0.05, 0.1) is 36.2 Å². The molecular formula is C18H18N4OS2. The van der Waals surface area contributed by atoms with Gasteiger partial charge in [-0.15, -0.1) is 23.5 Å². The predicted molar refractivity (Wildman–Crippen MR) is 102 cm³/mol. The van der Waals surface area contributed by atoms with Crippen molar-refractivity contribution in [1.29, 1.82) is 0 Å². The fourth-order valence-electron chi connectivity index (χ4n) is 2.55. The summed E-state index contributed by atoms with van der Waals surface area (Å²) in [5, 5.41) is 1.73. The number of hydrogen-bond donors (Lipinski definition) is 0. The minimum absolute atomic E-state index is 0.0673. The van der Waals surface area contributed by atoms with E-state index in [0.717, 1.165) is 40.5 Å². The molecule has 2 heterocycles. The second kappa shape index (κ2) is 8.40. The van der Waals surface area contributed by atoms with Crippen molar-refractivity contribution in [2.45, 2.75) is 29.3 Å². The van der Waals surface area contributed by atoms with E-state index in [2.05, 4.69) is 19.9 Å². The summed E-state index contributed by atoms with van der Waals surface area (Å²) in [4.78, 5) is 30.0. The molecule has 2 aromatic rings. The topological polar surface area (TPSA) is 68.6 Å². The van der Waals surface area contributed by atoms with Crippen LogP contribution in [0.3, 0.4) is 0 Å². The quantitative estimate of drug-likeness (QED) is 0.596. The Morgan fingerprint density at radius 3 is 1.64 bits per heavy atom. The van der Waals surface area contributed by atoms with Gasteiger partial charge in [-0.25, -0.2) is 9.97 Å². The normalized spacial score (nSPS) is 18.1. The van der Waals surface area contributed by atoms with Gasteiger partial charge in [-0.05, 0) is 43.9 Å². The molecule has 0 N–H and O–H groups in total. The van der Waals surface area contributed by atoms with E-state index in [1.54, 1.807) is 48.3 Å². The summed E-state index contributed by atoms with van der Waals surface area (Å²) in [6.45, 7) is 0. The molecule has 0 atom stereocenters. The Bertz CT molecular complexity index is 746. The van der Waals surface area contributed by atoms with Crippen molar-refractivity contribution in [3.63, 3.8) is 0 Å². The van der Waals surface area contributed by atoms with Gasteiger partial charge in [-0.2, -0.15) is 0 Å². The van der Waals surface area contributed by atoms with Crippen molar-refractivity contribution in [2.24, 2.45) is 0 Å². The SMILES string of the molecule is CSc1cnc(C=C2CCCC(=Cc3cnc(SC)cn3)C2=O)cn1. The van der Waals surface area contributed by atoms with Gasteiger partial charge in [-0.3, -0.25) is 14.8 Å². The molecule has 0 amide bonds. The number of carbonyl (C=O) groups excluding carboxylic acids is 1. The molecule has 0 radical (unpaired) electrons. The molecule has 1 aliphatic carbocycles. The molecule has 0 aromatic carbocycles. The summed E-state index contributed by atoms with van der Waals surface area (Å²) < 4.78 is 0. The van der Waals surface area contributed by atoms with Crippen molar-refractivity contribution in [3.8, 4) is 0 Å². The zero-order valence-corrected chi connectivity index (χ0v) is 15.7. The largest absolute Gasteiger partial charge is 0.289 e. The van der Waals surface area contributed by atoms with Gasteiger partial charge < -0.3 is 0 Å². The Labute approximate surface area is 155 Å². The van der Waals surface area contributed by atoms with E-state index >= 15 is 0 Å². The van der Waals surface area contributed by atoms with Gasteiger partial charge in [0.2, 0.25) is 0 Å². The van der Waals surface area contributed by atoms with Crippen LogP contribution in [0.2, 0.25) is 0 Å². The first-order valence-corrected chi connectivity index (χ1v) is 10.3. The molecule has 1 aliphatic rings. The molecule has 1 fully saturated rings. The lowest BCUT2D eigenvalue weighted by molar-refractivity contribution is -0.112. The standard InChI is InChI=1S/C18H18N4OS2/c1-24-16-10-19-14(8-21-16)6-12-4-3-5-13(18(12)23)7-15-9-22-17(25-2)11-20-15/h6-11H,3-5H2,1-2H3. The van der Waals surface area contributed by atoms with E-state index in [4.69, 9.17) is 0 Å². The summed E-state index contributed by atoms with van der Waals surface area (Å²) in [5.74, 6) is 0.0673. The molecule has 0 unspecified atom stereocenters. The number of ketones is 1. The molecule has 5 nitrogen and oxygen atoms in total. The van der Waals surface area contributed by atoms with Gasteiger partial charge in [0.25, 0.3) is 0 Å². The van der Waals surface area contributed by atoms with Crippen LogP contribution in [-0.2, 0) is 4.79 Å². The smallest absolute Gasteiger partial charge is 0.185 e. The Morgan fingerprint density at radius 1 is 0.800 bits per heavy atom. The Kier molecular flexibility index (Phi) is 5.99. The van der Waals surface area contributed by atoms with E-state index in [1.165, 1.54) is 0 Å². The van der Waals surface area contributed by atoms with Crippen LogP contribution >= 0.6 is 23.5 Å². The highest BCUT2D eigenvalue weighted by Gasteiger charge is 2.21. The van der Waals surface area contributed by atoms with Crippen LogP contribution in [0.15, 0.2) is 46.0 Å². The number of nitrogens with zero attached hydrogens (tertiary/aromatic N) is 4. The van der Waals surface area contributed by atoms with Gasteiger partial charge in [0, 0.05) is 11.1 Å². The fourth-order valence-corrected chi connectivity index (χ4v) is 3.18. The molecule has 7 heteroatoms. The van der Waals surface area contributed by atoms with Crippen LogP contribution in [0, 0.1) is 0 Å². The number of carbonyl (C=O) groups is 1. The highest BCUT2D eigenvalue weighted by Crippen LogP contribution is 2.27. The van der Waals surface area contributed by atoms with Crippen molar-refractivity contribution in [2.75, 3.05) is 12.5 Å². The Balaban J connectivity index is 1.81. The number of Topliss-reactive ketones (excluding diaryl/α,β-unsaturated/α-hetero) is 1. The first-order chi connectivity index (χ1) is 12.2. The number of allylic oxidation sites excluding steroid dienone is 2. The predicted octanol–water partition coefficient (Wildman–Crippen LogP) is 3.93. The van der Waals surface area contributed by atoms with E-state index in [9.17, 15) is 4.79 Å². The average molecular weight is 371 g/mol. The maximum atomic E-state index is 12.7. The van der Waals surface area contributed by atoms with E-state index in [0.29, 0.717) is 11.4 Å². The second-order valence-corrected chi connectivity index (χ2v) is 7.14. The van der Waals surface area contributed by atoms with Crippen LogP contribution < -0.4 is 0 Å². The molecule has 128 valence electrons. The van der Waals surface area contributed by atoms with Gasteiger partial charge in [0.15, 0.2) is 5.78 Å². The number of hydrogen-bond acceptors (Lipinski definition) is 7. The lowest BCUT2D eigenvalue weighted by Crippen LogP contribution is -2.12. The zero-order chi connectivity index (χ0) is 17.6. The highest BCUT2D eigenvalue weighted by molar-refractivity contribution is 7.98. The number of aromatic nitrogens is 4. The van der Waals surface area contributed by atoms with E-state index in [1.807, 2.05) is 24.7 Å². The molecule has 25 heavy (non-hydrogen) atoms. The minimum Gasteiger partial charge on any atom is -0.289 e. The number of thioether (sulfide) groups is 2. The summed E-state index contributed by atoms with van der Waals surface area (Å²) in [7, 11) is 0. The monoisotopic (exact) mass is 370 g/mol. The summed E-state index contributed by atoms with van der Waals surface area (Å²) >= 11 is 3.09. The second-order valence-electron chi connectivity index (χ2n) is 5.49. The summed E-state index contributed by atoms with van der Waals surface area (Å²) in [6.07, 6.45) is 16.9. The summed E-state index contributed by atoms with van der Waals surface area (Å²) in [6, 6.07) is 0. The molecule has 0 spiro atoms. The van der Waals surface area contributed by atoms with E-state index < -0.39 is 0 Å². The van der Waals surface area contributed by atoms with Crippen LogP contribution in [0.4, 0.5) is 0 Å². The lowest BCUT2D eigenvalue weighted by atomic mass is 9.88. The first kappa shape index (κ1) is 17.8. The maximum Gasteiger partial charge on any atom is 0.185 e. The third kappa shape index (κ3) is 4.55. The van der Waals surface area contributed by atoms with Crippen molar-refractivity contribution in [3.05, 3.63) is 47.3 Å². The van der Waals surface area contributed by atoms with Crippen LogP contribution in [0.1, 0.15) is 30.7 Å². The average Bonchev–Trinajstić information content (AvgIpc) is 2.66. The van der Waals surface area contributed by atoms with Crippen LogP contribution in [0.25, 0.3) is 12.2 Å². The fraction of sp³-hybridized carbons (Fsp3) is 0.278. The molecule has 0 bridgehead atoms. The molecule has 0 aliphatic heterocycles. The van der Waals surface area contributed by atoms with Gasteiger partial charge in [-0.1, -0.05) is 0 Å². The molecule has 1 saturated carbocycles. The summed E-state index contributed by atoms with van der Waals surface area (Å²) in [5.41, 5.74) is 2.98.